The first-order chi connectivity index (χ1) is 19.9. The van der Waals surface area contributed by atoms with Crippen molar-refractivity contribution >= 4 is 17.5 Å². The molecule has 42 heavy (non-hydrogen) atoms. The second kappa shape index (κ2) is 13.0. The predicted octanol–water partition coefficient (Wildman–Crippen LogP) is 6.76. The number of Topliss-reactive ketones (excluding diaryl/α,β-unsaturated/α-hetero) is 1. The fraction of sp³-hybridized carbons (Fsp3) is 0.800. The summed E-state index contributed by atoms with van der Waals surface area (Å²) in [5.41, 5.74) is -5.36. The number of alkyl halides is 1. The van der Waals surface area contributed by atoms with Crippen molar-refractivity contribution in [2.45, 2.75) is 141 Å². The van der Waals surface area contributed by atoms with Crippen LogP contribution in [-0.4, -0.2) is 51.7 Å². The second-order valence-corrected chi connectivity index (χ2v) is 14.2. The molecule has 0 aliphatic heterocycles. The summed E-state index contributed by atoms with van der Waals surface area (Å²) >= 11 is 0. The maximum absolute atomic E-state index is 17.3. The van der Waals surface area contributed by atoms with Crippen molar-refractivity contribution in [2.75, 3.05) is 6.61 Å². The molecule has 0 aromatic heterocycles. The Bertz CT molecular complexity index is 1080. The third-order valence-corrected chi connectivity index (χ3v) is 11.7. The quantitative estimate of drug-likeness (QED) is 0.172. The number of carbonyl (C=O) groups is 3. The number of allylic oxidation sites excluding steroid dienone is 4. The number of unbranched alkanes of at least 4 members (excludes halogenated alkanes) is 9. The number of ether oxygens (including phenoxy) is 1. The highest BCUT2D eigenvalue weighted by molar-refractivity contribution is 6.01. The molecule has 0 amide bonds. The Hall–Kier alpha value is -1.86. The van der Waals surface area contributed by atoms with Crippen molar-refractivity contribution in [1.29, 1.82) is 0 Å². The summed E-state index contributed by atoms with van der Waals surface area (Å²) in [7, 11) is 0. The predicted molar refractivity (Wildman–Crippen MR) is 160 cm³/mol. The van der Waals surface area contributed by atoms with Gasteiger partial charge in [0.2, 0.25) is 5.78 Å². The maximum atomic E-state index is 17.3. The van der Waals surface area contributed by atoms with E-state index in [9.17, 15) is 24.6 Å². The molecule has 6 nitrogen and oxygen atoms in total. The highest BCUT2D eigenvalue weighted by Crippen LogP contribution is 2.70. The van der Waals surface area contributed by atoms with Crippen LogP contribution in [0.5, 0.6) is 0 Å². The Balaban J connectivity index is 1.33. The molecule has 3 fully saturated rings. The van der Waals surface area contributed by atoms with Crippen molar-refractivity contribution in [3.05, 3.63) is 23.8 Å². The Labute approximate surface area is 251 Å². The van der Waals surface area contributed by atoms with E-state index in [1.165, 1.54) is 57.1 Å². The number of esters is 1. The number of halogens is 1. The number of hydrogen-bond donors (Lipinski definition) is 2. The van der Waals surface area contributed by atoms with Gasteiger partial charge in [0, 0.05) is 23.2 Å². The lowest BCUT2D eigenvalue weighted by molar-refractivity contribution is -0.220. The van der Waals surface area contributed by atoms with E-state index in [4.69, 9.17) is 4.74 Å². The summed E-state index contributed by atoms with van der Waals surface area (Å²) in [6.07, 6.45) is 16.2. The van der Waals surface area contributed by atoms with Gasteiger partial charge < -0.3 is 14.9 Å². The van der Waals surface area contributed by atoms with E-state index in [1.54, 1.807) is 26.8 Å². The number of carbonyl (C=O) groups excluding carboxylic acids is 3. The molecule has 236 valence electrons. The highest BCUT2D eigenvalue weighted by Gasteiger charge is 2.75. The molecule has 0 saturated heterocycles. The molecule has 0 aromatic carbocycles. The van der Waals surface area contributed by atoms with E-state index >= 15 is 4.39 Å². The zero-order chi connectivity index (χ0) is 30.8. The fourth-order valence-electron chi connectivity index (χ4n) is 9.23. The molecule has 0 aromatic rings. The van der Waals surface area contributed by atoms with Gasteiger partial charge in [-0.2, -0.15) is 0 Å². The van der Waals surface area contributed by atoms with E-state index in [1.807, 2.05) is 0 Å². The van der Waals surface area contributed by atoms with Crippen LogP contribution in [0.4, 0.5) is 4.39 Å². The third-order valence-electron chi connectivity index (χ3n) is 11.7. The first-order valence-electron chi connectivity index (χ1n) is 16.6. The molecule has 0 radical (unpaired) electrons. The molecule has 4 rings (SSSR count). The average Bonchev–Trinajstić information content (AvgIpc) is 3.15. The maximum Gasteiger partial charge on any atom is 0.306 e. The number of rotatable bonds is 14. The van der Waals surface area contributed by atoms with Crippen LogP contribution in [0.3, 0.4) is 0 Å². The molecule has 0 heterocycles. The fourth-order valence-corrected chi connectivity index (χ4v) is 9.23. The van der Waals surface area contributed by atoms with Gasteiger partial charge in [-0.15, -0.1) is 0 Å². The lowest BCUT2D eigenvalue weighted by atomic mass is 9.44. The molecular weight excluding hydrogens is 535 g/mol. The lowest BCUT2D eigenvalue weighted by Gasteiger charge is -2.62. The Morgan fingerprint density at radius 2 is 1.64 bits per heavy atom. The standard InChI is InChI=1S/C35H53FO6/c1-5-6-7-8-9-10-11-12-13-14-15-31(40)42-23-30(39)35(41)24(2)20-28-27-17-16-25-21-26(37)18-19-32(25,3)34(27,36)29(38)22-33(28,35)4/h18-19,21,24,27-29,38,41H,5-17,20,22-23H2,1-4H3/t24-,27+,28+,29+,32+,33+,34+,35+/m1/s1. The van der Waals surface area contributed by atoms with E-state index < -0.39 is 58.4 Å². The van der Waals surface area contributed by atoms with Crippen LogP contribution in [-0.2, 0) is 19.1 Å². The van der Waals surface area contributed by atoms with Gasteiger partial charge in [-0.25, -0.2) is 4.39 Å². The first kappa shape index (κ1) is 33.0. The molecule has 2 N–H and O–H groups in total. The summed E-state index contributed by atoms with van der Waals surface area (Å²) in [6.45, 7) is 7.05. The topological polar surface area (TPSA) is 101 Å². The van der Waals surface area contributed by atoms with E-state index in [0.717, 1.165) is 12.8 Å². The summed E-state index contributed by atoms with van der Waals surface area (Å²) in [6, 6.07) is 0. The molecular formula is C35H53FO6. The van der Waals surface area contributed by atoms with Crippen molar-refractivity contribution in [3.63, 3.8) is 0 Å². The van der Waals surface area contributed by atoms with Crippen LogP contribution in [0, 0.1) is 28.6 Å². The Morgan fingerprint density at radius 3 is 2.29 bits per heavy atom. The van der Waals surface area contributed by atoms with Gasteiger partial charge in [-0.1, -0.05) is 90.2 Å². The van der Waals surface area contributed by atoms with E-state index in [0.29, 0.717) is 31.3 Å². The van der Waals surface area contributed by atoms with Crippen molar-refractivity contribution < 1.29 is 33.7 Å². The summed E-state index contributed by atoms with van der Waals surface area (Å²) in [4.78, 5) is 38.1. The van der Waals surface area contributed by atoms with Gasteiger partial charge in [0.1, 0.15) is 5.60 Å². The molecule has 0 spiro atoms. The minimum absolute atomic E-state index is 0.0888. The smallest absolute Gasteiger partial charge is 0.306 e. The second-order valence-electron chi connectivity index (χ2n) is 14.2. The largest absolute Gasteiger partial charge is 0.458 e. The molecule has 8 atom stereocenters. The normalized spacial score (nSPS) is 38.8. The summed E-state index contributed by atoms with van der Waals surface area (Å²) in [5, 5.41) is 23.5. The zero-order valence-electron chi connectivity index (χ0n) is 26.3. The number of aliphatic hydroxyl groups is 2. The SMILES string of the molecule is CCCCCCCCCCCCC(=O)OCC(=O)[C@@]1(O)[C@H](C)C[C@H]2[C@@H]3CCC4=CC(=O)C=C[C@]4(C)[C@@]3(F)[C@@H](O)C[C@@]21C. The lowest BCUT2D eigenvalue weighted by Crippen LogP contribution is -2.69. The van der Waals surface area contributed by atoms with Gasteiger partial charge in [0.15, 0.2) is 18.1 Å². The van der Waals surface area contributed by atoms with Crippen molar-refractivity contribution in [1.82, 2.24) is 0 Å². The Kier molecular flexibility index (Phi) is 10.2. The van der Waals surface area contributed by atoms with Gasteiger partial charge >= 0.3 is 5.97 Å². The average molecular weight is 589 g/mol. The van der Waals surface area contributed by atoms with Crippen LogP contribution < -0.4 is 0 Å². The van der Waals surface area contributed by atoms with Gasteiger partial charge in [-0.05, 0) is 63.0 Å². The monoisotopic (exact) mass is 588 g/mol. The number of fused-ring (bicyclic) bond motifs is 5. The number of aliphatic hydroxyl groups excluding tert-OH is 1. The minimum atomic E-state index is -2.02. The summed E-state index contributed by atoms with van der Waals surface area (Å²) in [5.74, 6) is -2.60. The van der Waals surface area contributed by atoms with Crippen molar-refractivity contribution in [3.8, 4) is 0 Å². The highest BCUT2D eigenvalue weighted by atomic mass is 19.1. The van der Waals surface area contributed by atoms with E-state index in [-0.39, 0.29) is 24.5 Å². The first-order valence-corrected chi connectivity index (χ1v) is 16.6. The minimum Gasteiger partial charge on any atom is -0.458 e. The zero-order valence-corrected chi connectivity index (χ0v) is 26.3. The van der Waals surface area contributed by atoms with Gasteiger partial charge in [0.25, 0.3) is 0 Å². The molecule has 4 aliphatic carbocycles. The van der Waals surface area contributed by atoms with E-state index in [2.05, 4.69) is 6.92 Å². The van der Waals surface area contributed by atoms with Crippen LogP contribution in [0.2, 0.25) is 0 Å². The number of ketones is 2. The Morgan fingerprint density at radius 1 is 1.02 bits per heavy atom. The molecule has 0 unspecified atom stereocenters. The molecule has 4 aliphatic rings. The molecule has 3 saturated carbocycles. The number of hydrogen-bond acceptors (Lipinski definition) is 6. The van der Waals surface area contributed by atoms with Crippen LogP contribution >= 0.6 is 0 Å². The van der Waals surface area contributed by atoms with Gasteiger partial charge in [-0.3, -0.25) is 14.4 Å². The van der Waals surface area contributed by atoms with Crippen LogP contribution in [0.25, 0.3) is 0 Å². The third kappa shape index (κ3) is 5.58. The van der Waals surface area contributed by atoms with Crippen LogP contribution in [0.1, 0.15) is 124 Å². The molecule has 0 bridgehead atoms. The van der Waals surface area contributed by atoms with Crippen LogP contribution in [0.15, 0.2) is 23.8 Å². The molecule has 7 heteroatoms. The summed E-state index contributed by atoms with van der Waals surface area (Å²) < 4.78 is 22.6. The van der Waals surface area contributed by atoms with Gasteiger partial charge in [0.05, 0.1) is 6.10 Å². The van der Waals surface area contributed by atoms with Crippen molar-refractivity contribution in [2.24, 2.45) is 28.6 Å².